The normalized spacial score (nSPS) is 14.5. The largest absolute Gasteiger partial charge is 0.330 e. The van der Waals surface area contributed by atoms with Crippen molar-refractivity contribution in [3.8, 4) is 0 Å². The molecule has 1 fully saturated rings. The fourth-order valence-electron chi connectivity index (χ4n) is 3.48. The van der Waals surface area contributed by atoms with Gasteiger partial charge >= 0.3 is 0 Å². The summed E-state index contributed by atoms with van der Waals surface area (Å²) in [6.07, 6.45) is 1.93. The third-order valence-corrected chi connectivity index (χ3v) is 5.17. The van der Waals surface area contributed by atoms with E-state index in [-0.39, 0.29) is 36.1 Å². The molecule has 1 amide bonds. The van der Waals surface area contributed by atoms with Crippen LogP contribution in [0.25, 0.3) is 0 Å². The average Bonchev–Trinajstić information content (AvgIpc) is 3.07. The van der Waals surface area contributed by atoms with Crippen LogP contribution in [0.5, 0.6) is 0 Å². The molecule has 1 N–H and O–H groups in total. The van der Waals surface area contributed by atoms with E-state index in [9.17, 15) is 14.9 Å². The lowest BCUT2D eigenvalue weighted by Crippen LogP contribution is -2.37. The van der Waals surface area contributed by atoms with Crippen molar-refractivity contribution in [2.24, 2.45) is 0 Å². The van der Waals surface area contributed by atoms with E-state index in [2.05, 4.69) is 15.6 Å². The molecule has 0 saturated carbocycles. The summed E-state index contributed by atoms with van der Waals surface area (Å²) in [7, 11) is 0. The van der Waals surface area contributed by atoms with E-state index in [1.54, 1.807) is 17.0 Å². The number of halogens is 1. The van der Waals surface area contributed by atoms with Crippen molar-refractivity contribution in [1.82, 2.24) is 25.2 Å². The number of carbonyl (C=O) groups excluding carboxylic acids is 1. The Kier molecular flexibility index (Phi) is 7.69. The van der Waals surface area contributed by atoms with Crippen molar-refractivity contribution < 1.29 is 9.72 Å². The number of aromatic nitrogens is 3. The first-order valence-electron chi connectivity index (χ1n) is 9.55. The number of nitrogens with zero attached hydrogens (tertiary/aromatic N) is 5. The number of carbonyl (C=O) groups is 1. The second-order valence-electron chi connectivity index (χ2n) is 7.40. The van der Waals surface area contributed by atoms with E-state index >= 15 is 0 Å². The number of amides is 1. The van der Waals surface area contributed by atoms with E-state index in [1.807, 2.05) is 25.5 Å². The molecule has 0 unspecified atom stereocenters. The monoisotopic (exact) mass is 422 g/mol. The number of nitrogens with one attached hydrogen (secondary N) is 1. The number of nitro benzene ring substituents is 1. The summed E-state index contributed by atoms with van der Waals surface area (Å²) in [4.78, 5) is 25.3. The van der Waals surface area contributed by atoms with Crippen LogP contribution in [0.2, 0.25) is 0 Å². The minimum atomic E-state index is -0.433. The van der Waals surface area contributed by atoms with Crippen LogP contribution in [0.15, 0.2) is 24.3 Å². The molecule has 1 aromatic heterocycles. The molecule has 10 heteroatoms. The van der Waals surface area contributed by atoms with Gasteiger partial charge in [-0.25, -0.2) is 4.68 Å². The molecule has 158 valence electrons. The standard InChI is InChI=1S/C19H26N6O3.ClH/c1-13(2)23(12-15-4-6-17(7-5-15)25(27)28)19(26)18-14(3)24(22-21-18)16-8-10-20-11-9-16;/h4-7,13,16,20H,8-12H2,1-3H3;1H. The minimum Gasteiger partial charge on any atom is -0.330 e. The second-order valence-corrected chi connectivity index (χ2v) is 7.40. The van der Waals surface area contributed by atoms with Gasteiger partial charge < -0.3 is 10.2 Å². The van der Waals surface area contributed by atoms with Gasteiger partial charge in [0.25, 0.3) is 11.6 Å². The maximum atomic E-state index is 13.2. The zero-order valence-corrected chi connectivity index (χ0v) is 17.7. The molecule has 0 aliphatic carbocycles. The first-order chi connectivity index (χ1) is 13.4. The van der Waals surface area contributed by atoms with E-state index < -0.39 is 4.92 Å². The van der Waals surface area contributed by atoms with Gasteiger partial charge in [0.2, 0.25) is 0 Å². The van der Waals surface area contributed by atoms with Gasteiger partial charge in [-0.1, -0.05) is 17.3 Å². The van der Waals surface area contributed by atoms with Crippen LogP contribution >= 0.6 is 12.4 Å². The lowest BCUT2D eigenvalue weighted by molar-refractivity contribution is -0.384. The Morgan fingerprint density at radius 1 is 1.31 bits per heavy atom. The van der Waals surface area contributed by atoms with E-state index in [0.29, 0.717) is 12.2 Å². The maximum absolute atomic E-state index is 13.2. The highest BCUT2D eigenvalue weighted by Gasteiger charge is 2.27. The van der Waals surface area contributed by atoms with Gasteiger partial charge in [0.05, 0.1) is 16.7 Å². The molecular weight excluding hydrogens is 396 g/mol. The number of non-ortho nitro benzene ring substituents is 1. The Balaban J connectivity index is 0.00000300. The molecule has 1 saturated heterocycles. The molecule has 0 bridgehead atoms. The molecule has 9 nitrogen and oxygen atoms in total. The van der Waals surface area contributed by atoms with Crippen LogP contribution in [-0.4, -0.2) is 49.9 Å². The number of rotatable bonds is 6. The van der Waals surface area contributed by atoms with Gasteiger partial charge in [0, 0.05) is 24.7 Å². The number of hydrogen-bond donors (Lipinski definition) is 1. The van der Waals surface area contributed by atoms with Gasteiger partial charge in [-0.3, -0.25) is 14.9 Å². The lowest BCUT2D eigenvalue weighted by atomic mass is 10.1. The Bertz CT molecular complexity index is 846. The molecule has 3 rings (SSSR count). The maximum Gasteiger partial charge on any atom is 0.276 e. The summed E-state index contributed by atoms with van der Waals surface area (Å²) < 4.78 is 1.87. The van der Waals surface area contributed by atoms with Gasteiger partial charge in [-0.05, 0) is 52.3 Å². The number of piperidine rings is 1. The molecule has 1 aliphatic rings. The Hall–Kier alpha value is -2.52. The van der Waals surface area contributed by atoms with Gasteiger partial charge in [-0.15, -0.1) is 17.5 Å². The van der Waals surface area contributed by atoms with Crippen LogP contribution in [0.1, 0.15) is 54.5 Å². The summed E-state index contributed by atoms with van der Waals surface area (Å²) in [5.74, 6) is -0.175. The van der Waals surface area contributed by atoms with Crippen molar-refractivity contribution in [2.45, 2.75) is 52.2 Å². The molecule has 1 aliphatic heterocycles. The van der Waals surface area contributed by atoms with Gasteiger partial charge in [0.1, 0.15) is 0 Å². The Morgan fingerprint density at radius 3 is 2.48 bits per heavy atom. The van der Waals surface area contributed by atoms with Gasteiger partial charge in [0.15, 0.2) is 5.69 Å². The van der Waals surface area contributed by atoms with E-state index in [1.165, 1.54) is 12.1 Å². The van der Waals surface area contributed by atoms with Crippen molar-refractivity contribution >= 4 is 24.0 Å². The zero-order chi connectivity index (χ0) is 20.3. The van der Waals surface area contributed by atoms with Crippen molar-refractivity contribution in [2.75, 3.05) is 13.1 Å². The third-order valence-electron chi connectivity index (χ3n) is 5.17. The quantitative estimate of drug-likeness (QED) is 0.566. The summed E-state index contributed by atoms with van der Waals surface area (Å²) in [5.41, 5.74) is 2.02. The summed E-state index contributed by atoms with van der Waals surface area (Å²) in [6, 6.07) is 6.48. The smallest absolute Gasteiger partial charge is 0.276 e. The summed E-state index contributed by atoms with van der Waals surface area (Å²) in [5, 5.41) is 22.6. The fourth-order valence-corrected chi connectivity index (χ4v) is 3.48. The predicted octanol–water partition coefficient (Wildman–Crippen LogP) is 2.89. The highest BCUT2D eigenvalue weighted by atomic mass is 35.5. The Morgan fingerprint density at radius 2 is 1.93 bits per heavy atom. The fraction of sp³-hybridized carbons (Fsp3) is 0.526. The number of hydrogen-bond acceptors (Lipinski definition) is 6. The van der Waals surface area contributed by atoms with E-state index in [0.717, 1.165) is 37.2 Å². The van der Waals surface area contributed by atoms with E-state index in [4.69, 9.17) is 0 Å². The number of benzene rings is 1. The third kappa shape index (κ3) is 5.10. The molecule has 2 heterocycles. The number of nitro groups is 1. The first kappa shape index (κ1) is 22.8. The summed E-state index contributed by atoms with van der Waals surface area (Å²) >= 11 is 0. The summed E-state index contributed by atoms with van der Waals surface area (Å²) in [6.45, 7) is 8.00. The van der Waals surface area contributed by atoms with Crippen LogP contribution in [0.3, 0.4) is 0 Å². The molecule has 0 radical (unpaired) electrons. The van der Waals surface area contributed by atoms with Gasteiger partial charge in [-0.2, -0.15) is 0 Å². The topological polar surface area (TPSA) is 106 Å². The van der Waals surface area contributed by atoms with Crippen molar-refractivity contribution in [1.29, 1.82) is 0 Å². The van der Waals surface area contributed by atoms with Crippen LogP contribution in [-0.2, 0) is 6.54 Å². The second kappa shape index (κ2) is 9.80. The SMILES string of the molecule is Cc1c(C(=O)N(Cc2ccc([N+](=O)[O-])cc2)C(C)C)nnn1C1CCNCC1.Cl. The molecule has 0 spiro atoms. The van der Waals surface area contributed by atoms with Crippen LogP contribution in [0.4, 0.5) is 5.69 Å². The van der Waals surface area contributed by atoms with Crippen LogP contribution in [0, 0.1) is 17.0 Å². The van der Waals surface area contributed by atoms with Crippen molar-refractivity contribution in [3.63, 3.8) is 0 Å². The van der Waals surface area contributed by atoms with Crippen molar-refractivity contribution in [3.05, 3.63) is 51.3 Å². The molecule has 1 aromatic carbocycles. The molecule has 29 heavy (non-hydrogen) atoms. The highest BCUT2D eigenvalue weighted by molar-refractivity contribution is 5.93. The zero-order valence-electron chi connectivity index (χ0n) is 16.9. The van der Waals surface area contributed by atoms with Crippen LogP contribution < -0.4 is 5.32 Å². The molecule has 2 aromatic rings. The highest BCUT2D eigenvalue weighted by Crippen LogP contribution is 2.22. The Labute approximate surface area is 176 Å². The predicted molar refractivity (Wildman–Crippen MR) is 111 cm³/mol. The minimum absolute atomic E-state index is 0. The molecular formula is C19H27ClN6O3. The average molecular weight is 423 g/mol. The first-order valence-corrected chi connectivity index (χ1v) is 9.55. The lowest BCUT2D eigenvalue weighted by Gasteiger charge is -2.27. The molecule has 0 atom stereocenters.